The van der Waals surface area contributed by atoms with Gasteiger partial charge in [-0.1, -0.05) is 73.4 Å². The summed E-state index contributed by atoms with van der Waals surface area (Å²) in [5.74, 6) is 1.23. The molecule has 5 heterocycles. The lowest BCUT2D eigenvalue weighted by Gasteiger charge is -2.38. The Balaban J connectivity index is 1.17. The molecule has 9 unspecified atom stereocenters. The highest BCUT2D eigenvalue weighted by Crippen LogP contribution is 2.44. The number of alkyl halides is 1. The molecule has 2 saturated heterocycles. The summed E-state index contributed by atoms with van der Waals surface area (Å²) in [5, 5.41) is 19.3. The minimum atomic E-state index is -1.10. The number of aliphatic hydroxyl groups excluding tert-OH is 1. The number of hydrogen-bond acceptors (Lipinski definition) is 10. The standard InChI is InChI=1S/C49H73FN8O4/c1-9-12-16-45-58-40-20-18-31(37(11-3)53-38(14-10-2)43-25-34(50)27-57(43)48(59)46(30(6)7)55-49(60)61-8)22-33(40)23-42(58)35-19-17-32(24-44(35)62-45)39-26-52-47(54-39)41-15-13-21-56(41)28-36(51)29(4)5/h17-20,22-24,29-30,34,36,38,41,43,45-48,52,59H,9-16,21,25-28,51H2,1-8H3,(H,55,60). The van der Waals surface area contributed by atoms with Gasteiger partial charge in [-0.15, -0.1) is 0 Å². The van der Waals surface area contributed by atoms with Crippen LogP contribution in [0.1, 0.15) is 124 Å². The second kappa shape index (κ2) is 20.3. The maximum atomic E-state index is 15.3. The molecular weight excluding hydrogens is 784 g/mol. The van der Waals surface area contributed by atoms with E-state index in [9.17, 15) is 9.90 Å². The van der Waals surface area contributed by atoms with E-state index in [1.54, 1.807) is 0 Å². The van der Waals surface area contributed by atoms with E-state index in [2.05, 4.69) is 97.2 Å². The molecule has 13 heteroatoms. The summed E-state index contributed by atoms with van der Waals surface area (Å²) >= 11 is 0. The van der Waals surface area contributed by atoms with Crippen LogP contribution in [-0.4, -0.2) is 119 Å². The lowest BCUT2D eigenvalue weighted by Crippen LogP contribution is -2.57. The quantitative estimate of drug-likeness (QED) is 0.0943. The van der Waals surface area contributed by atoms with Gasteiger partial charge in [-0.3, -0.25) is 25.1 Å². The number of carbonyl (C=O) groups is 1. The van der Waals surface area contributed by atoms with E-state index in [0.29, 0.717) is 18.4 Å². The molecule has 0 radical (unpaired) electrons. The van der Waals surface area contributed by atoms with Gasteiger partial charge in [0.15, 0.2) is 6.23 Å². The molecule has 12 nitrogen and oxygen atoms in total. The summed E-state index contributed by atoms with van der Waals surface area (Å²) in [6, 6.07) is 14.8. The number of unbranched alkanes of at least 4 members (excludes halogenated alkanes) is 1. The first-order chi connectivity index (χ1) is 29.8. The number of alkyl carbamates (subject to hydrolysis) is 1. The summed E-state index contributed by atoms with van der Waals surface area (Å²) in [6.45, 7) is 17.5. The van der Waals surface area contributed by atoms with Gasteiger partial charge in [0.1, 0.15) is 24.3 Å². The Hall–Kier alpha value is -3.88. The number of aliphatic hydroxyl groups is 1. The first-order valence-corrected chi connectivity index (χ1v) is 23.6. The van der Waals surface area contributed by atoms with Crippen LogP contribution >= 0.6 is 0 Å². The van der Waals surface area contributed by atoms with Gasteiger partial charge in [-0.2, -0.15) is 0 Å². The van der Waals surface area contributed by atoms with Crippen LogP contribution in [0.2, 0.25) is 0 Å². The Labute approximate surface area is 368 Å². The van der Waals surface area contributed by atoms with Crippen molar-refractivity contribution < 1.29 is 23.8 Å². The number of likely N-dealkylation sites (tertiary alicyclic amines) is 2. The van der Waals surface area contributed by atoms with Crippen molar-refractivity contribution in [3.63, 3.8) is 0 Å². The van der Waals surface area contributed by atoms with Crippen molar-refractivity contribution in [1.29, 1.82) is 0 Å². The van der Waals surface area contributed by atoms with Crippen molar-refractivity contribution >= 4 is 28.4 Å². The number of aromatic nitrogens is 1. The van der Waals surface area contributed by atoms with E-state index in [4.69, 9.17) is 25.2 Å². The SMILES string of the molecule is CCCCC1Oc2cc(C3=NC(C4CCCN4CC(N)C(C)C)NC3)ccc2-c2cc3cc(C(CC)=NC(CCC)C4CC(F)CN4C(O)C(NC(=O)OC)C(C)C)ccc3n21. The number of aliphatic imine (C=N–C) groups is 2. The molecule has 340 valence electrons. The number of rotatable bonds is 18. The average Bonchev–Trinajstić information content (AvgIpc) is 4.08. The predicted octanol–water partition coefficient (Wildman–Crippen LogP) is 8.03. The molecule has 9 atom stereocenters. The van der Waals surface area contributed by atoms with E-state index in [1.807, 2.05) is 18.7 Å². The molecule has 3 aromatic rings. The second-order valence-corrected chi connectivity index (χ2v) is 18.8. The number of nitrogens with two attached hydrogens (primary N) is 1. The van der Waals surface area contributed by atoms with Crippen molar-refractivity contribution in [2.75, 3.05) is 33.3 Å². The zero-order valence-electron chi connectivity index (χ0n) is 38.4. The molecule has 1 aromatic heterocycles. The minimum absolute atomic E-state index is 0.0588. The Morgan fingerprint density at radius 3 is 2.63 bits per heavy atom. The first-order valence-electron chi connectivity index (χ1n) is 23.6. The van der Waals surface area contributed by atoms with E-state index in [1.165, 1.54) is 13.5 Å². The Morgan fingerprint density at radius 1 is 1.11 bits per heavy atom. The lowest BCUT2D eigenvalue weighted by atomic mass is 9.97. The van der Waals surface area contributed by atoms with Crippen molar-refractivity contribution in [2.45, 2.75) is 161 Å². The normalized spacial score (nSPS) is 25.1. The fraction of sp³-hybridized carbons (Fsp3) is 0.653. The van der Waals surface area contributed by atoms with E-state index in [-0.39, 0.29) is 49.4 Å². The summed E-state index contributed by atoms with van der Waals surface area (Å²) in [6.07, 6.45) is 4.99. The van der Waals surface area contributed by atoms with E-state index >= 15 is 4.39 Å². The zero-order chi connectivity index (χ0) is 44.2. The number of benzene rings is 2. The van der Waals surface area contributed by atoms with Crippen LogP contribution in [0.3, 0.4) is 0 Å². The summed E-state index contributed by atoms with van der Waals surface area (Å²) < 4.78 is 29.5. The van der Waals surface area contributed by atoms with Crippen LogP contribution < -0.4 is 21.1 Å². The summed E-state index contributed by atoms with van der Waals surface area (Å²) in [4.78, 5) is 27.3. The fourth-order valence-corrected chi connectivity index (χ4v) is 10.2. The Morgan fingerprint density at radius 2 is 1.92 bits per heavy atom. The third-order valence-electron chi connectivity index (χ3n) is 13.8. The number of hydrogen-bond donors (Lipinski definition) is 4. The lowest BCUT2D eigenvalue weighted by molar-refractivity contribution is -0.0481. The number of fused-ring (bicyclic) bond motifs is 5. The number of nitrogens with zero attached hydrogens (tertiary/aromatic N) is 5. The number of methoxy groups -OCH3 is 1. The Bertz CT molecular complexity index is 2070. The molecule has 0 aliphatic carbocycles. The maximum absolute atomic E-state index is 15.3. The third kappa shape index (κ3) is 9.77. The van der Waals surface area contributed by atoms with Gasteiger partial charge < -0.3 is 30.2 Å². The molecule has 0 saturated carbocycles. The maximum Gasteiger partial charge on any atom is 0.407 e. The second-order valence-electron chi connectivity index (χ2n) is 18.8. The minimum Gasteiger partial charge on any atom is -0.469 e. The average molecular weight is 857 g/mol. The highest BCUT2D eigenvalue weighted by atomic mass is 19.1. The number of amides is 1. The largest absolute Gasteiger partial charge is 0.469 e. The summed E-state index contributed by atoms with van der Waals surface area (Å²) in [5.41, 5.74) is 14.0. The molecule has 4 aliphatic rings. The van der Waals surface area contributed by atoms with Crippen molar-refractivity contribution in [1.82, 2.24) is 25.0 Å². The van der Waals surface area contributed by atoms with Gasteiger partial charge in [0.05, 0.1) is 36.1 Å². The molecule has 0 spiro atoms. The van der Waals surface area contributed by atoms with Gasteiger partial charge in [0.25, 0.3) is 0 Å². The van der Waals surface area contributed by atoms with Crippen LogP contribution in [0.25, 0.3) is 22.2 Å². The van der Waals surface area contributed by atoms with Crippen LogP contribution in [0.5, 0.6) is 5.75 Å². The monoisotopic (exact) mass is 857 g/mol. The fourth-order valence-electron chi connectivity index (χ4n) is 10.2. The highest BCUT2D eigenvalue weighted by Gasteiger charge is 2.44. The summed E-state index contributed by atoms with van der Waals surface area (Å²) in [7, 11) is 1.30. The topological polar surface area (TPSA) is 142 Å². The molecule has 0 bridgehead atoms. The molecule has 2 aromatic carbocycles. The molecule has 5 N–H and O–H groups in total. The van der Waals surface area contributed by atoms with Gasteiger partial charge >= 0.3 is 6.09 Å². The molecule has 4 aliphatic heterocycles. The molecular formula is C49H73FN8O4. The van der Waals surface area contributed by atoms with Gasteiger partial charge in [-0.05, 0) is 92.8 Å². The smallest absolute Gasteiger partial charge is 0.407 e. The third-order valence-corrected chi connectivity index (χ3v) is 13.8. The molecule has 62 heavy (non-hydrogen) atoms. The van der Waals surface area contributed by atoms with E-state index < -0.39 is 24.5 Å². The van der Waals surface area contributed by atoms with Gasteiger partial charge in [0.2, 0.25) is 0 Å². The van der Waals surface area contributed by atoms with E-state index in [0.717, 1.165) is 109 Å². The van der Waals surface area contributed by atoms with Crippen LogP contribution in [0.4, 0.5) is 9.18 Å². The van der Waals surface area contributed by atoms with Crippen molar-refractivity contribution in [2.24, 2.45) is 27.6 Å². The first kappa shape index (κ1) is 46.1. The van der Waals surface area contributed by atoms with Crippen LogP contribution in [-0.2, 0) is 4.74 Å². The Kier molecular flexibility index (Phi) is 15.1. The number of carbonyl (C=O) groups excluding carboxylic acids is 1. The molecule has 2 fully saturated rings. The molecule has 7 rings (SSSR count). The van der Waals surface area contributed by atoms with Crippen LogP contribution in [0, 0.1) is 11.8 Å². The zero-order valence-corrected chi connectivity index (χ0v) is 38.4. The van der Waals surface area contributed by atoms with Crippen molar-refractivity contribution in [3.8, 4) is 17.0 Å². The van der Waals surface area contributed by atoms with Crippen molar-refractivity contribution in [3.05, 3.63) is 53.6 Å². The van der Waals surface area contributed by atoms with Gasteiger partial charge in [-0.25, -0.2) is 9.18 Å². The van der Waals surface area contributed by atoms with Crippen LogP contribution in [0.15, 0.2) is 52.4 Å². The highest BCUT2D eigenvalue weighted by molar-refractivity contribution is 6.05. The van der Waals surface area contributed by atoms with Gasteiger partial charge in [0, 0.05) is 66.4 Å². The molecule has 1 amide bonds. The number of halogens is 1. The number of nitrogens with one attached hydrogen (secondary N) is 2. The predicted molar refractivity (Wildman–Crippen MR) is 248 cm³/mol. The number of ether oxygens (including phenoxy) is 2.